The quantitative estimate of drug-likeness (QED) is 0.859. The van der Waals surface area contributed by atoms with Gasteiger partial charge in [0.15, 0.2) is 5.79 Å². The van der Waals surface area contributed by atoms with Crippen molar-refractivity contribution in [2.45, 2.75) is 57.8 Å². The van der Waals surface area contributed by atoms with Crippen LogP contribution in [-0.2, 0) is 14.3 Å². The fraction of sp³-hybridized carbons (Fsp3) is 0.650. The molecule has 1 saturated heterocycles. The van der Waals surface area contributed by atoms with E-state index in [0.717, 1.165) is 42.4 Å². The standard InChI is InChI=1S/C20H29NO4/c1-14-9-15(2)11-17(10-14)18(22)13-21-19(23)12-16-3-5-20(6-4-16)24-7-8-25-20/h9-11,16,18,22H,3-8,12-13H2,1-2H3,(H,21,23). The molecule has 1 atom stereocenters. The summed E-state index contributed by atoms with van der Waals surface area (Å²) < 4.78 is 11.5. The normalized spacial score (nSPS) is 21.4. The highest BCUT2D eigenvalue weighted by Gasteiger charge is 2.40. The number of carbonyl (C=O) groups excluding carboxylic acids is 1. The van der Waals surface area contributed by atoms with Crippen molar-refractivity contribution in [1.82, 2.24) is 5.32 Å². The summed E-state index contributed by atoms with van der Waals surface area (Å²) in [5.74, 6) is 0.0149. The maximum Gasteiger partial charge on any atom is 0.220 e. The molecular formula is C20H29NO4. The van der Waals surface area contributed by atoms with Gasteiger partial charge in [-0.1, -0.05) is 29.3 Å². The molecule has 2 fully saturated rings. The molecular weight excluding hydrogens is 318 g/mol. The lowest BCUT2D eigenvalue weighted by atomic mass is 9.83. The lowest BCUT2D eigenvalue weighted by Gasteiger charge is -2.35. The van der Waals surface area contributed by atoms with Gasteiger partial charge in [0, 0.05) is 25.8 Å². The maximum absolute atomic E-state index is 12.2. The molecule has 5 nitrogen and oxygen atoms in total. The third-order valence-corrected chi connectivity index (χ3v) is 5.28. The van der Waals surface area contributed by atoms with Crippen LogP contribution < -0.4 is 5.32 Å². The Balaban J connectivity index is 1.42. The molecule has 0 aromatic heterocycles. The first-order valence-electron chi connectivity index (χ1n) is 9.27. The first-order valence-corrected chi connectivity index (χ1v) is 9.27. The van der Waals surface area contributed by atoms with Crippen LogP contribution in [0.5, 0.6) is 0 Å². The number of nitrogens with one attached hydrogen (secondary N) is 1. The SMILES string of the molecule is Cc1cc(C)cc(C(O)CNC(=O)CC2CCC3(CC2)OCCO3)c1. The second-order valence-electron chi connectivity index (χ2n) is 7.50. The summed E-state index contributed by atoms with van der Waals surface area (Å²) in [5.41, 5.74) is 3.09. The van der Waals surface area contributed by atoms with E-state index in [2.05, 4.69) is 11.4 Å². The molecule has 1 aromatic carbocycles. The van der Waals surface area contributed by atoms with Gasteiger partial charge >= 0.3 is 0 Å². The van der Waals surface area contributed by atoms with Gasteiger partial charge in [0.1, 0.15) is 0 Å². The summed E-state index contributed by atoms with van der Waals surface area (Å²) in [6.07, 6.45) is 3.49. The molecule has 1 unspecified atom stereocenters. The first kappa shape index (κ1) is 18.4. The molecule has 1 aliphatic heterocycles. The van der Waals surface area contributed by atoms with Crippen LogP contribution in [-0.4, -0.2) is 36.6 Å². The molecule has 1 amide bonds. The van der Waals surface area contributed by atoms with Gasteiger partial charge < -0.3 is 19.9 Å². The predicted molar refractivity (Wildman–Crippen MR) is 95.1 cm³/mol. The zero-order chi connectivity index (χ0) is 17.9. The van der Waals surface area contributed by atoms with E-state index in [1.807, 2.05) is 26.0 Å². The minimum Gasteiger partial charge on any atom is -0.387 e. The second-order valence-corrected chi connectivity index (χ2v) is 7.50. The number of ether oxygens (including phenoxy) is 2. The van der Waals surface area contributed by atoms with Crippen LogP contribution in [0.25, 0.3) is 0 Å². The van der Waals surface area contributed by atoms with Crippen LogP contribution in [0.4, 0.5) is 0 Å². The highest BCUT2D eigenvalue weighted by atomic mass is 16.7. The highest BCUT2D eigenvalue weighted by molar-refractivity contribution is 5.76. The van der Waals surface area contributed by atoms with Crippen LogP contribution >= 0.6 is 0 Å². The second kappa shape index (κ2) is 7.85. The molecule has 2 aliphatic rings. The third-order valence-electron chi connectivity index (χ3n) is 5.28. The molecule has 2 N–H and O–H groups in total. The van der Waals surface area contributed by atoms with Crippen LogP contribution in [0, 0.1) is 19.8 Å². The maximum atomic E-state index is 12.2. The number of carbonyl (C=O) groups is 1. The molecule has 138 valence electrons. The number of aryl methyl sites for hydroxylation is 2. The summed E-state index contributed by atoms with van der Waals surface area (Å²) in [6.45, 7) is 5.64. The fourth-order valence-electron chi connectivity index (χ4n) is 3.97. The molecule has 1 aromatic rings. The topological polar surface area (TPSA) is 67.8 Å². The monoisotopic (exact) mass is 347 g/mol. The Morgan fingerprint density at radius 3 is 2.40 bits per heavy atom. The summed E-state index contributed by atoms with van der Waals surface area (Å²) in [4.78, 5) is 12.2. The minimum absolute atomic E-state index is 0.0117. The Morgan fingerprint density at radius 2 is 1.80 bits per heavy atom. The average molecular weight is 347 g/mol. The van der Waals surface area contributed by atoms with Gasteiger partial charge in [0.25, 0.3) is 0 Å². The molecule has 3 rings (SSSR count). The van der Waals surface area contributed by atoms with Gasteiger partial charge in [0.05, 0.1) is 19.3 Å². The van der Waals surface area contributed by atoms with E-state index in [9.17, 15) is 9.90 Å². The molecule has 25 heavy (non-hydrogen) atoms. The van der Waals surface area contributed by atoms with E-state index in [1.54, 1.807) is 0 Å². The summed E-state index contributed by atoms with van der Waals surface area (Å²) in [7, 11) is 0. The number of rotatable bonds is 5. The minimum atomic E-state index is -0.669. The number of amides is 1. The summed E-state index contributed by atoms with van der Waals surface area (Å²) >= 11 is 0. The van der Waals surface area contributed by atoms with Crippen LogP contribution in [0.3, 0.4) is 0 Å². The summed E-state index contributed by atoms with van der Waals surface area (Å²) in [5, 5.41) is 13.2. The zero-order valence-corrected chi connectivity index (χ0v) is 15.2. The van der Waals surface area contributed by atoms with Crippen LogP contribution in [0.2, 0.25) is 0 Å². The molecule has 1 heterocycles. The van der Waals surface area contributed by atoms with Crippen LogP contribution in [0.1, 0.15) is 54.9 Å². The van der Waals surface area contributed by atoms with E-state index >= 15 is 0 Å². The zero-order valence-electron chi connectivity index (χ0n) is 15.2. The van der Waals surface area contributed by atoms with Gasteiger partial charge in [-0.15, -0.1) is 0 Å². The lowest BCUT2D eigenvalue weighted by Crippen LogP contribution is -2.37. The Hall–Kier alpha value is -1.43. The predicted octanol–water partition coefficient (Wildman–Crippen LogP) is 2.78. The molecule has 5 heteroatoms. The Labute approximate surface area is 149 Å². The van der Waals surface area contributed by atoms with Gasteiger partial charge in [-0.05, 0) is 38.2 Å². The number of hydrogen-bond acceptors (Lipinski definition) is 4. The summed E-state index contributed by atoms with van der Waals surface area (Å²) in [6, 6.07) is 6.00. The van der Waals surface area contributed by atoms with Crippen molar-refractivity contribution in [3.63, 3.8) is 0 Å². The Kier molecular flexibility index (Phi) is 5.77. The smallest absolute Gasteiger partial charge is 0.220 e. The molecule has 0 bridgehead atoms. The van der Waals surface area contributed by atoms with Gasteiger partial charge in [0.2, 0.25) is 5.91 Å². The molecule has 1 aliphatic carbocycles. The molecule has 1 spiro atoms. The molecule has 0 radical (unpaired) electrons. The number of hydrogen-bond donors (Lipinski definition) is 2. The van der Waals surface area contributed by atoms with Crippen molar-refractivity contribution in [2.75, 3.05) is 19.8 Å². The van der Waals surface area contributed by atoms with Gasteiger partial charge in [-0.2, -0.15) is 0 Å². The van der Waals surface area contributed by atoms with E-state index in [0.29, 0.717) is 25.6 Å². The third kappa shape index (κ3) is 4.81. The van der Waals surface area contributed by atoms with Gasteiger partial charge in [-0.3, -0.25) is 4.79 Å². The highest BCUT2D eigenvalue weighted by Crippen LogP contribution is 2.39. The number of aliphatic hydroxyl groups is 1. The largest absolute Gasteiger partial charge is 0.387 e. The number of benzene rings is 1. The van der Waals surface area contributed by atoms with Crippen molar-refractivity contribution >= 4 is 5.91 Å². The van der Waals surface area contributed by atoms with E-state index < -0.39 is 6.10 Å². The number of aliphatic hydroxyl groups excluding tert-OH is 1. The van der Waals surface area contributed by atoms with Crippen molar-refractivity contribution in [1.29, 1.82) is 0 Å². The van der Waals surface area contributed by atoms with E-state index in [-0.39, 0.29) is 18.2 Å². The lowest BCUT2D eigenvalue weighted by molar-refractivity contribution is -0.183. The molecule has 1 saturated carbocycles. The van der Waals surface area contributed by atoms with Crippen molar-refractivity contribution in [3.05, 3.63) is 34.9 Å². The van der Waals surface area contributed by atoms with Crippen molar-refractivity contribution < 1.29 is 19.4 Å². The Morgan fingerprint density at radius 1 is 1.20 bits per heavy atom. The fourth-order valence-corrected chi connectivity index (χ4v) is 3.97. The van der Waals surface area contributed by atoms with Crippen molar-refractivity contribution in [2.24, 2.45) is 5.92 Å². The Bertz CT molecular complexity index is 579. The van der Waals surface area contributed by atoms with E-state index in [4.69, 9.17) is 9.47 Å². The first-order chi connectivity index (χ1) is 12.0. The average Bonchev–Trinajstić information content (AvgIpc) is 3.02. The van der Waals surface area contributed by atoms with Gasteiger partial charge in [-0.25, -0.2) is 0 Å². The van der Waals surface area contributed by atoms with Crippen molar-refractivity contribution in [3.8, 4) is 0 Å². The van der Waals surface area contributed by atoms with Crippen LogP contribution in [0.15, 0.2) is 18.2 Å². The van der Waals surface area contributed by atoms with E-state index in [1.165, 1.54) is 0 Å².